The van der Waals surface area contributed by atoms with Gasteiger partial charge in [0, 0.05) is 17.9 Å². The van der Waals surface area contributed by atoms with E-state index in [4.69, 9.17) is 10.5 Å². The van der Waals surface area contributed by atoms with Crippen molar-refractivity contribution < 1.29 is 14.2 Å². The maximum absolute atomic E-state index is 11.7. The molecular formula is C9H14NO3P. The summed E-state index contributed by atoms with van der Waals surface area (Å²) in [6, 6.07) is 4.68. The predicted octanol–water partition coefficient (Wildman–Crippen LogP) is 1.19. The van der Waals surface area contributed by atoms with Crippen molar-refractivity contribution >= 4 is 18.4 Å². The zero-order valence-electron chi connectivity index (χ0n) is 8.23. The molecule has 1 atom stereocenters. The summed E-state index contributed by atoms with van der Waals surface area (Å²) in [5, 5.41) is 0.330. The number of benzene rings is 1. The lowest BCUT2D eigenvalue weighted by molar-refractivity contribution is 0.416. The molecule has 78 valence electrons. The van der Waals surface area contributed by atoms with E-state index in [1.807, 2.05) is 0 Å². The second kappa shape index (κ2) is 4.03. The number of methoxy groups -OCH3 is 1. The smallest absolute Gasteiger partial charge is 0.233 e. The minimum atomic E-state index is -3.28. The van der Waals surface area contributed by atoms with Gasteiger partial charge < -0.3 is 15.4 Å². The highest BCUT2D eigenvalue weighted by Crippen LogP contribution is 2.42. The van der Waals surface area contributed by atoms with Crippen molar-refractivity contribution in [3.63, 3.8) is 0 Å². The second-order valence-corrected chi connectivity index (χ2v) is 5.47. The SMILES string of the molecule is CCP(=O)(O)c1ccc(N)cc1OC. The van der Waals surface area contributed by atoms with Crippen LogP contribution >= 0.6 is 7.37 Å². The van der Waals surface area contributed by atoms with E-state index in [0.29, 0.717) is 16.7 Å². The van der Waals surface area contributed by atoms with Gasteiger partial charge in [-0.25, -0.2) is 0 Å². The number of hydrogen-bond donors (Lipinski definition) is 2. The third kappa shape index (κ3) is 2.08. The summed E-state index contributed by atoms with van der Waals surface area (Å²) in [6.45, 7) is 1.66. The van der Waals surface area contributed by atoms with Crippen LogP contribution in [0.5, 0.6) is 5.75 Å². The molecule has 0 aromatic heterocycles. The summed E-state index contributed by atoms with van der Waals surface area (Å²) in [5.74, 6) is 0.373. The molecule has 1 aromatic carbocycles. The van der Waals surface area contributed by atoms with Crippen molar-refractivity contribution in [3.05, 3.63) is 18.2 Å². The Labute approximate surface area is 83.2 Å². The van der Waals surface area contributed by atoms with Crippen LogP contribution < -0.4 is 15.8 Å². The summed E-state index contributed by atoms with van der Waals surface area (Å²) in [5.41, 5.74) is 6.05. The van der Waals surface area contributed by atoms with Crippen molar-refractivity contribution in [3.8, 4) is 5.75 Å². The molecule has 0 bridgehead atoms. The Morgan fingerprint density at radius 2 is 2.21 bits per heavy atom. The molecule has 0 fully saturated rings. The van der Waals surface area contributed by atoms with Gasteiger partial charge in [0.1, 0.15) is 5.75 Å². The standard InChI is InChI=1S/C9H14NO3P/c1-3-14(11,12)9-5-4-7(10)6-8(9)13-2/h4-6H,3,10H2,1-2H3,(H,11,12). The molecule has 1 rings (SSSR count). The van der Waals surface area contributed by atoms with Gasteiger partial charge in [-0.3, -0.25) is 4.57 Å². The van der Waals surface area contributed by atoms with Crippen LogP contribution in [-0.4, -0.2) is 18.2 Å². The van der Waals surface area contributed by atoms with Crippen molar-refractivity contribution in [2.75, 3.05) is 19.0 Å². The second-order valence-electron chi connectivity index (χ2n) is 2.95. The van der Waals surface area contributed by atoms with E-state index >= 15 is 0 Å². The first kappa shape index (κ1) is 11.1. The maximum atomic E-state index is 11.7. The fraction of sp³-hybridized carbons (Fsp3) is 0.333. The molecule has 1 unspecified atom stereocenters. The van der Waals surface area contributed by atoms with Crippen LogP contribution in [0.15, 0.2) is 18.2 Å². The molecule has 0 radical (unpaired) electrons. The molecule has 3 N–H and O–H groups in total. The molecule has 0 aliphatic rings. The Morgan fingerprint density at radius 1 is 1.57 bits per heavy atom. The number of nitrogens with two attached hydrogens (primary N) is 1. The van der Waals surface area contributed by atoms with E-state index < -0.39 is 7.37 Å². The fourth-order valence-corrected chi connectivity index (χ4v) is 2.30. The Bertz CT molecular complexity index is 378. The van der Waals surface area contributed by atoms with Gasteiger partial charge in [0.05, 0.1) is 12.4 Å². The molecule has 4 nitrogen and oxygen atoms in total. The lowest BCUT2D eigenvalue weighted by atomic mass is 10.3. The number of nitrogen functional groups attached to an aromatic ring is 1. The molecule has 0 saturated carbocycles. The zero-order valence-corrected chi connectivity index (χ0v) is 9.12. The van der Waals surface area contributed by atoms with Crippen molar-refractivity contribution in [2.24, 2.45) is 0 Å². The first-order chi connectivity index (χ1) is 6.51. The highest BCUT2D eigenvalue weighted by Gasteiger charge is 2.22. The van der Waals surface area contributed by atoms with E-state index in [1.165, 1.54) is 7.11 Å². The monoisotopic (exact) mass is 215 g/mol. The molecule has 1 aromatic rings. The van der Waals surface area contributed by atoms with Gasteiger partial charge in [0.15, 0.2) is 0 Å². The first-order valence-corrected chi connectivity index (χ1v) is 6.11. The topological polar surface area (TPSA) is 72.5 Å². The number of rotatable bonds is 3. The van der Waals surface area contributed by atoms with Gasteiger partial charge in [-0.05, 0) is 12.1 Å². The summed E-state index contributed by atoms with van der Waals surface area (Å²) in [4.78, 5) is 9.63. The van der Waals surface area contributed by atoms with Crippen molar-refractivity contribution in [1.82, 2.24) is 0 Å². The molecule has 0 heterocycles. The molecule has 0 aliphatic carbocycles. The van der Waals surface area contributed by atoms with Gasteiger partial charge >= 0.3 is 0 Å². The Morgan fingerprint density at radius 3 is 2.71 bits per heavy atom. The van der Waals surface area contributed by atoms with Crippen LogP contribution in [0, 0.1) is 0 Å². The highest BCUT2D eigenvalue weighted by molar-refractivity contribution is 7.66. The first-order valence-electron chi connectivity index (χ1n) is 4.27. The van der Waals surface area contributed by atoms with Crippen LogP contribution in [0.1, 0.15) is 6.92 Å². The van der Waals surface area contributed by atoms with Crippen LogP contribution in [0.3, 0.4) is 0 Å². The number of anilines is 1. The van der Waals surface area contributed by atoms with Gasteiger partial charge in [0.2, 0.25) is 7.37 Å². The Hall–Kier alpha value is -0.990. The largest absolute Gasteiger partial charge is 0.496 e. The quantitative estimate of drug-likeness (QED) is 0.586. The highest BCUT2D eigenvalue weighted by atomic mass is 31.2. The van der Waals surface area contributed by atoms with Crippen LogP contribution in [0.2, 0.25) is 0 Å². The van der Waals surface area contributed by atoms with Gasteiger partial charge in [0.25, 0.3) is 0 Å². The van der Waals surface area contributed by atoms with E-state index in [1.54, 1.807) is 25.1 Å². The average Bonchev–Trinajstić information content (AvgIpc) is 2.17. The molecule has 0 spiro atoms. The van der Waals surface area contributed by atoms with Crippen LogP contribution in [0.25, 0.3) is 0 Å². The van der Waals surface area contributed by atoms with Gasteiger partial charge in [-0.15, -0.1) is 0 Å². The average molecular weight is 215 g/mol. The Kier molecular flexibility index (Phi) is 3.19. The van der Waals surface area contributed by atoms with Gasteiger partial charge in [-0.2, -0.15) is 0 Å². The Balaban J connectivity index is 3.28. The van der Waals surface area contributed by atoms with E-state index in [0.717, 1.165) is 0 Å². The van der Waals surface area contributed by atoms with Crippen LogP contribution in [0.4, 0.5) is 5.69 Å². The van der Waals surface area contributed by atoms with Crippen LogP contribution in [-0.2, 0) is 4.57 Å². The van der Waals surface area contributed by atoms with E-state index in [9.17, 15) is 9.46 Å². The summed E-state index contributed by atoms with van der Waals surface area (Å²) >= 11 is 0. The normalized spacial score (nSPS) is 14.8. The minimum absolute atomic E-state index is 0.188. The lowest BCUT2D eigenvalue weighted by Crippen LogP contribution is -2.10. The summed E-state index contributed by atoms with van der Waals surface area (Å²) < 4.78 is 16.7. The van der Waals surface area contributed by atoms with Gasteiger partial charge in [-0.1, -0.05) is 6.92 Å². The molecule has 0 saturated heterocycles. The fourth-order valence-electron chi connectivity index (χ4n) is 1.15. The van der Waals surface area contributed by atoms with E-state index in [2.05, 4.69) is 0 Å². The third-order valence-corrected chi connectivity index (χ3v) is 3.99. The molecule has 14 heavy (non-hydrogen) atoms. The predicted molar refractivity (Wildman–Crippen MR) is 57.4 cm³/mol. The van der Waals surface area contributed by atoms with Crippen molar-refractivity contribution in [2.45, 2.75) is 6.92 Å². The molecule has 5 heteroatoms. The minimum Gasteiger partial charge on any atom is -0.496 e. The lowest BCUT2D eigenvalue weighted by Gasteiger charge is -2.13. The third-order valence-electron chi connectivity index (χ3n) is 2.01. The maximum Gasteiger partial charge on any atom is 0.233 e. The summed E-state index contributed by atoms with van der Waals surface area (Å²) in [7, 11) is -1.83. The molecular weight excluding hydrogens is 201 g/mol. The van der Waals surface area contributed by atoms with E-state index in [-0.39, 0.29) is 6.16 Å². The number of ether oxygens (including phenoxy) is 1. The van der Waals surface area contributed by atoms with Crippen molar-refractivity contribution in [1.29, 1.82) is 0 Å². The zero-order chi connectivity index (χ0) is 10.8. The molecule has 0 amide bonds. The molecule has 0 aliphatic heterocycles. The number of hydrogen-bond acceptors (Lipinski definition) is 3. The summed E-state index contributed by atoms with van der Waals surface area (Å²) in [6.07, 6.45) is 0.188.